The summed E-state index contributed by atoms with van der Waals surface area (Å²) in [4.78, 5) is 19.0. The summed E-state index contributed by atoms with van der Waals surface area (Å²) in [6.07, 6.45) is 3.34. The molecule has 3 aromatic rings. The van der Waals surface area contributed by atoms with Gasteiger partial charge in [0.2, 0.25) is 0 Å². The van der Waals surface area contributed by atoms with Gasteiger partial charge in [0.1, 0.15) is 0 Å². The molecule has 1 aromatic heterocycles. The molecule has 0 radical (unpaired) electrons. The Balaban J connectivity index is 1.85. The van der Waals surface area contributed by atoms with Crippen LogP contribution in [0.15, 0.2) is 67.0 Å². The molecule has 1 heterocycles. The largest absolute Gasteiger partial charge is 0.354 e. The van der Waals surface area contributed by atoms with Crippen LogP contribution in [0.25, 0.3) is 0 Å². The van der Waals surface area contributed by atoms with E-state index in [2.05, 4.69) is 16.4 Å². The molecule has 0 saturated carbocycles. The van der Waals surface area contributed by atoms with E-state index in [1.165, 1.54) is 5.56 Å². The van der Waals surface area contributed by atoms with Gasteiger partial charge in [-0.2, -0.15) is 0 Å². The molecule has 1 amide bonds. The Labute approximate surface area is 154 Å². The molecule has 3 rings (SSSR count). The molecule has 0 aliphatic heterocycles. The fourth-order valence-corrected chi connectivity index (χ4v) is 2.91. The number of benzene rings is 2. The quantitative estimate of drug-likeness (QED) is 0.699. The van der Waals surface area contributed by atoms with E-state index in [0.717, 1.165) is 22.6 Å². The van der Waals surface area contributed by atoms with Gasteiger partial charge in [-0.3, -0.25) is 9.78 Å². The van der Waals surface area contributed by atoms with Crippen LogP contribution in [-0.2, 0) is 0 Å². The molecule has 4 heteroatoms. The molecule has 2 aromatic carbocycles. The Morgan fingerprint density at radius 1 is 0.962 bits per heavy atom. The SMILES string of the molecule is CCN(C(=O)c1cncc(Nc2cccc(C)c2)c1)c1cccc(C)c1. The summed E-state index contributed by atoms with van der Waals surface area (Å²) < 4.78 is 0. The van der Waals surface area contributed by atoms with Crippen molar-refractivity contribution in [3.05, 3.63) is 83.7 Å². The summed E-state index contributed by atoms with van der Waals surface area (Å²) in [6, 6.07) is 17.9. The van der Waals surface area contributed by atoms with Crippen molar-refractivity contribution >= 4 is 23.0 Å². The van der Waals surface area contributed by atoms with Crippen LogP contribution in [0.4, 0.5) is 17.1 Å². The highest BCUT2D eigenvalue weighted by atomic mass is 16.2. The number of pyridine rings is 1. The minimum Gasteiger partial charge on any atom is -0.354 e. The standard InChI is InChI=1S/C22H23N3O/c1-4-25(21-10-6-8-17(3)12-21)22(26)18-13-20(15-23-14-18)24-19-9-5-7-16(2)11-19/h5-15,24H,4H2,1-3H3. The van der Waals surface area contributed by atoms with E-state index in [-0.39, 0.29) is 5.91 Å². The number of aromatic nitrogens is 1. The fourth-order valence-electron chi connectivity index (χ4n) is 2.91. The van der Waals surface area contributed by atoms with Gasteiger partial charge in [0, 0.05) is 24.1 Å². The monoisotopic (exact) mass is 345 g/mol. The van der Waals surface area contributed by atoms with Crippen LogP contribution in [0, 0.1) is 13.8 Å². The fraction of sp³-hybridized carbons (Fsp3) is 0.182. The predicted molar refractivity (Wildman–Crippen MR) is 107 cm³/mol. The maximum atomic E-state index is 13.0. The highest BCUT2D eigenvalue weighted by Gasteiger charge is 2.17. The van der Waals surface area contributed by atoms with Crippen LogP contribution in [-0.4, -0.2) is 17.4 Å². The molecule has 0 fully saturated rings. The topological polar surface area (TPSA) is 45.2 Å². The first-order valence-corrected chi connectivity index (χ1v) is 8.74. The van der Waals surface area contributed by atoms with Crippen LogP contribution in [0.5, 0.6) is 0 Å². The number of nitrogens with one attached hydrogen (secondary N) is 1. The van der Waals surface area contributed by atoms with Crippen molar-refractivity contribution in [3.8, 4) is 0 Å². The average molecular weight is 345 g/mol. The zero-order chi connectivity index (χ0) is 18.5. The molecule has 0 atom stereocenters. The van der Waals surface area contributed by atoms with Gasteiger partial charge < -0.3 is 10.2 Å². The third-order valence-corrected chi connectivity index (χ3v) is 4.17. The number of hydrogen-bond donors (Lipinski definition) is 1. The second-order valence-corrected chi connectivity index (χ2v) is 6.35. The third-order valence-electron chi connectivity index (χ3n) is 4.17. The maximum absolute atomic E-state index is 13.0. The van der Waals surface area contributed by atoms with Gasteiger partial charge in [0.05, 0.1) is 17.4 Å². The molecular weight excluding hydrogens is 322 g/mol. The number of carbonyl (C=O) groups is 1. The molecule has 0 aliphatic carbocycles. The van der Waals surface area contributed by atoms with E-state index in [1.54, 1.807) is 17.3 Å². The molecule has 26 heavy (non-hydrogen) atoms. The summed E-state index contributed by atoms with van der Waals surface area (Å²) in [6.45, 7) is 6.64. The van der Waals surface area contributed by atoms with Gasteiger partial charge in [-0.1, -0.05) is 24.3 Å². The Morgan fingerprint density at radius 3 is 2.38 bits per heavy atom. The third kappa shape index (κ3) is 4.09. The van der Waals surface area contributed by atoms with Crippen LogP contribution < -0.4 is 10.2 Å². The lowest BCUT2D eigenvalue weighted by Gasteiger charge is -2.21. The molecule has 0 saturated heterocycles. The van der Waals surface area contributed by atoms with Gasteiger partial charge >= 0.3 is 0 Å². The lowest BCUT2D eigenvalue weighted by Crippen LogP contribution is -2.30. The second kappa shape index (κ2) is 7.83. The van der Waals surface area contributed by atoms with Gasteiger partial charge in [0.25, 0.3) is 5.91 Å². The molecule has 0 unspecified atom stereocenters. The van der Waals surface area contributed by atoms with Gasteiger partial charge in [-0.25, -0.2) is 0 Å². The summed E-state index contributed by atoms with van der Waals surface area (Å²) in [5.41, 5.74) is 5.53. The van der Waals surface area contributed by atoms with E-state index in [1.807, 2.05) is 69.3 Å². The van der Waals surface area contributed by atoms with Crippen LogP contribution in [0.1, 0.15) is 28.4 Å². The first-order valence-electron chi connectivity index (χ1n) is 8.74. The van der Waals surface area contributed by atoms with Crippen LogP contribution >= 0.6 is 0 Å². The molecule has 132 valence electrons. The van der Waals surface area contributed by atoms with Gasteiger partial charge in [-0.05, 0) is 62.2 Å². The van der Waals surface area contributed by atoms with E-state index < -0.39 is 0 Å². The Morgan fingerprint density at radius 2 is 1.69 bits per heavy atom. The first-order chi connectivity index (χ1) is 12.6. The minimum absolute atomic E-state index is 0.0570. The average Bonchev–Trinajstić information content (AvgIpc) is 2.62. The lowest BCUT2D eigenvalue weighted by atomic mass is 10.1. The molecule has 1 N–H and O–H groups in total. The van der Waals surface area contributed by atoms with Crippen molar-refractivity contribution in [1.82, 2.24) is 4.98 Å². The van der Waals surface area contributed by atoms with Crippen molar-refractivity contribution in [2.45, 2.75) is 20.8 Å². The van der Waals surface area contributed by atoms with Crippen molar-refractivity contribution < 1.29 is 4.79 Å². The smallest absolute Gasteiger partial charge is 0.259 e. The number of carbonyl (C=O) groups excluding carboxylic acids is 1. The molecule has 0 spiro atoms. The zero-order valence-corrected chi connectivity index (χ0v) is 15.4. The van der Waals surface area contributed by atoms with Gasteiger partial charge in [-0.15, -0.1) is 0 Å². The van der Waals surface area contributed by atoms with Gasteiger partial charge in [0.15, 0.2) is 0 Å². The summed E-state index contributed by atoms with van der Waals surface area (Å²) in [5.74, 6) is -0.0570. The summed E-state index contributed by atoms with van der Waals surface area (Å²) >= 11 is 0. The van der Waals surface area contributed by atoms with Crippen LogP contribution in [0.3, 0.4) is 0 Å². The van der Waals surface area contributed by atoms with Crippen LogP contribution in [0.2, 0.25) is 0 Å². The lowest BCUT2D eigenvalue weighted by molar-refractivity contribution is 0.0988. The number of amides is 1. The highest BCUT2D eigenvalue weighted by Crippen LogP contribution is 2.21. The number of hydrogen-bond acceptors (Lipinski definition) is 3. The highest BCUT2D eigenvalue weighted by molar-refractivity contribution is 6.06. The first kappa shape index (κ1) is 17.7. The van der Waals surface area contributed by atoms with E-state index in [4.69, 9.17) is 0 Å². The normalized spacial score (nSPS) is 10.4. The molecule has 0 bridgehead atoms. The van der Waals surface area contributed by atoms with E-state index >= 15 is 0 Å². The number of nitrogens with zero attached hydrogens (tertiary/aromatic N) is 2. The van der Waals surface area contributed by atoms with Crippen molar-refractivity contribution in [3.63, 3.8) is 0 Å². The van der Waals surface area contributed by atoms with Crippen molar-refractivity contribution in [2.24, 2.45) is 0 Å². The summed E-state index contributed by atoms with van der Waals surface area (Å²) in [5, 5.41) is 3.31. The Hall–Kier alpha value is -3.14. The summed E-state index contributed by atoms with van der Waals surface area (Å²) in [7, 11) is 0. The number of aryl methyl sites for hydroxylation is 2. The van der Waals surface area contributed by atoms with Crippen molar-refractivity contribution in [1.29, 1.82) is 0 Å². The van der Waals surface area contributed by atoms with Crippen molar-refractivity contribution in [2.75, 3.05) is 16.8 Å². The molecule has 4 nitrogen and oxygen atoms in total. The maximum Gasteiger partial charge on any atom is 0.259 e. The Kier molecular flexibility index (Phi) is 5.32. The van der Waals surface area contributed by atoms with E-state index in [9.17, 15) is 4.79 Å². The second-order valence-electron chi connectivity index (χ2n) is 6.35. The minimum atomic E-state index is -0.0570. The van der Waals surface area contributed by atoms with E-state index in [0.29, 0.717) is 12.1 Å². The number of anilines is 3. The Bertz CT molecular complexity index is 921. The number of rotatable bonds is 5. The predicted octanol–water partition coefficient (Wildman–Crippen LogP) is 5.11. The molecular formula is C22H23N3O. The molecule has 0 aliphatic rings. The zero-order valence-electron chi connectivity index (χ0n) is 15.4.